The second kappa shape index (κ2) is 7.17. The Kier molecular flexibility index (Phi) is 4.58. The number of piperazine rings is 1. The minimum absolute atomic E-state index is 0.0513. The van der Waals surface area contributed by atoms with Crippen molar-refractivity contribution in [3.63, 3.8) is 0 Å². The predicted molar refractivity (Wildman–Crippen MR) is 98.2 cm³/mol. The lowest BCUT2D eigenvalue weighted by Crippen LogP contribution is -2.48. The fourth-order valence-corrected chi connectivity index (χ4v) is 3.31. The number of ether oxygens (including phenoxy) is 1. The number of benzene rings is 2. The number of amides is 1. The molecule has 1 aromatic heterocycles. The van der Waals surface area contributed by atoms with Crippen LogP contribution >= 0.6 is 0 Å². The van der Waals surface area contributed by atoms with Crippen LogP contribution < -0.4 is 4.74 Å². The third kappa shape index (κ3) is 3.28. The van der Waals surface area contributed by atoms with Crippen LogP contribution in [0.2, 0.25) is 0 Å². The number of methoxy groups -OCH3 is 1. The van der Waals surface area contributed by atoms with Gasteiger partial charge in [0.2, 0.25) is 0 Å². The molecule has 1 amide bonds. The van der Waals surface area contributed by atoms with E-state index in [1.54, 1.807) is 13.2 Å². The molecule has 0 atom stereocenters. The number of rotatable bonds is 4. The Balaban J connectivity index is 1.38. The van der Waals surface area contributed by atoms with Gasteiger partial charge in [-0.15, -0.1) is 0 Å². The molecule has 3 aromatic rings. The van der Waals surface area contributed by atoms with Gasteiger partial charge in [0.15, 0.2) is 5.58 Å². The molecule has 1 saturated heterocycles. The summed E-state index contributed by atoms with van der Waals surface area (Å²) in [5.41, 5.74) is 2.43. The summed E-state index contributed by atoms with van der Waals surface area (Å²) in [6.45, 7) is 3.77. The monoisotopic (exact) mass is 351 g/mol. The molecule has 1 fully saturated rings. The molecule has 6 heteroatoms. The summed E-state index contributed by atoms with van der Waals surface area (Å²) >= 11 is 0. The largest absolute Gasteiger partial charge is 0.497 e. The van der Waals surface area contributed by atoms with Crippen molar-refractivity contribution in [2.45, 2.75) is 6.54 Å². The van der Waals surface area contributed by atoms with Gasteiger partial charge in [0.05, 0.1) is 7.11 Å². The van der Waals surface area contributed by atoms with E-state index in [4.69, 9.17) is 9.26 Å². The van der Waals surface area contributed by atoms with Crippen LogP contribution in [-0.4, -0.2) is 54.2 Å². The summed E-state index contributed by atoms with van der Waals surface area (Å²) in [6.07, 6.45) is 0. The molecule has 0 N–H and O–H groups in total. The summed E-state index contributed by atoms with van der Waals surface area (Å²) in [7, 11) is 1.61. The number of aromatic nitrogens is 1. The highest BCUT2D eigenvalue weighted by molar-refractivity contribution is 5.94. The zero-order valence-corrected chi connectivity index (χ0v) is 14.7. The lowest BCUT2D eigenvalue weighted by Gasteiger charge is -2.34. The third-order valence-electron chi connectivity index (χ3n) is 4.80. The molecule has 2 aromatic carbocycles. The molecule has 0 radical (unpaired) electrons. The van der Waals surface area contributed by atoms with Crippen LogP contribution in [0.15, 0.2) is 53.1 Å². The van der Waals surface area contributed by atoms with Gasteiger partial charge < -0.3 is 14.2 Å². The number of fused-ring (bicyclic) bond motifs is 1. The van der Waals surface area contributed by atoms with E-state index >= 15 is 0 Å². The number of nitrogens with zero attached hydrogens (tertiary/aromatic N) is 3. The molecule has 1 aliphatic heterocycles. The molecule has 0 spiro atoms. The summed E-state index contributed by atoms with van der Waals surface area (Å²) in [6, 6.07) is 15.2. The molecule has 0 saturated carbocycles. The average molecular weight is 351 g/mol. The predicted octanol–water partition coefficient (Wildman–Crippen LogP) is 2.79. The van der Waals surface area contributed by atoms with E-state index in [2.05, 4.69) is 10.1 Å². The lowest BCUT2D eigenvalue weighted by atomic mass is 10.1. The van der Waals surface area contributed by atoms with Gasteiger partial charge >= 0.3 is 0 Å². The van der Waals surface area contributed by atoms with Crippen LogP contribution in [0.1, 0.15) is 16.1 Å². The molecule has 6 nitrogen and oxygen atoms in total. The van der Waals surface area contributed by atoms with Crippen molar-refractivity contribution in [3.05, 3.63) is 59.8 Å². The molecular weight excluding hydrogens is 330 g/mol. The Labute approximate surface area is 151 Å². The molecule has 0 aliphatic carbocycles. The highest BCUT2D eigenvalue weighted by Gasteiger charge is 2.23. The maximum Gasteiger partial charge on any atom is 0.254 e. The SMILES string of the molecule is COc1cccc(C(=O)N2CCN(Cc3noc4ccccc34)CC2)c1. The van der Waals surface area contributed by atoms with Crippen LogP contribution in [0.25, 0.3) is 11.0 Å². The van der Waals surface area contributed by atoms with Gasteiger partial charge in [0, 0.05) is 43.7 Å². The third-order valence-corrected chi connectivity index (χ3v) is 4.80. The first-order valence-corrected chi connectivity index (χ1v) is 8.73. The number of para-hydroxylation sites is 1. The Morgan fingerprint density at radius 3 is 2.73 bits per heavy atom. The summed E-state index contributed by atoms with van der Waals surface area (Å²) in [5.74, 6) is 0.753. The van der Waals surface area contributed by atoms with E-state index in [1.807, 2.05) is 47.4 Å². The Morgan fingerprint density at radius 2 is 1.92 bits per heavy atom. The fraction of sp³-hybridized carbons (Fsp3) is 0.300. The van der Waals surface area contributed by atoms with Gasteiger partial charge in [-0.3, -0.25) is 9.69 Å². The Bertz CT molecular complexity index is 913. The van der Waals surface area contributed by atoms with Crippen LogP contribution in [0.3, 0.4) is 0 Å². The highest BCUT2D eigenvalue weighted by Crippen LogP contribution is 2.20. The lowest BCUT2D eigenvalue weighted by molar-refractivity contribution is 0.0626. The molecule has 0 bridgehead atoms. The fourth-order valence-electron chi connectivity index (χ4n) is 3.31. The van der Waals surface area contributed by atoms with Crippen molar-refractivity contribution >= 4 is 16.9 Å². The van der Waals surface area contributed by atoms with E-state index in [0.29, 0.717) is 24.4 Å². The zero-order valence-electron chi connectivity index (χ0n) is 14.7. The van der Waals surface area contributed by atoms with Crippen LogP contribution in [-0.2, 0) is 6.54 Å². The van der Waals surface area contributed by atoms with E-state index in [0.717, 1.165) is 36.3 Å². The van der Waals surface area contributed by atoms with E-state index in [1.165, 1.54) is 0 Å². The van der Waals surface area contributed by atoms with Crippen LogP contribution in [0.4, 0.5) is 0 Å². The normalized spacial score (nSPS) is 15.3. The van der Waals surface area contributed by atoms with E-state index < -0.39 is 0 Å². The second-order valence-corrected chi connectivity index (χ2v) is 6.43. The maximum absolute atomic E-state index is 12.7. The first-order valence-electron chi connectivity index (χ1n) is 8.73. The van der Waals surface area contributed by atoms with Crippen molar-refractivity contribution in [1.82, 2.24) is 15.0 Å². The number of carbonyl (C=O) groups is 1. The van der Waals surface area contributed by atoms with Crippen molar-refractivity contribution < 1.29 is 14.1 Å². The maximum atomic E-state index is 12.7. The summed E-state index contributed by atoms with van der Waals surface area (Å²) in [5, 5.41) is 5.26. The number of hydrogen-bond acceptors (Lipinski definition) is 5. The molecular formula is C20H21N3O3. The smallest absolute Gasteiger partial charge is 0.254 e. The van der Waals surface area contributed by atoms with Crippen molar-refractivity contribution in [3.8, 4) is 5.75 Å². The van der Waals surface area contributed by atoms with E-state index in [-0.39, 0.29) is 5.91 Å². The molecule has 4 rings (SSSR count). The van der Waals surface area contributed by atoms with Crippen molar-refractivity contribution in [2.24, 2.45) is 0 Å². The molecule has 0 unspecified atom stereocenters. The van der Waals surface area contributed by atoms with Gasteiger partial charge in [-0.05, 0) is 30.3 Å². The molecule has 2 heterocycles. The first kappa shape index (κ1) is 16.6. The molecule has 26 heavy (non-hydrogen) atoms. The average Bonchev–Trinajstić information content (AvgIpc) is 3.11. The van der Waals surface area contributed by atoms with Crippen molar-refractivity contribution in [1.29, 1.82) is 0 Å². The van der Waals surface area contributed by atoms with Gasteiger partial charge in [0.25, 0.3) is 5.91 Å². The van der Waals surface area contributed by atoms with Gasteiger partial charge in [0.1, 0.15) is 11.4 Å². The topological polar surface area (TPSA) is 58.8 Å². The van der Waals surface area contributed by atoms with Crippen LogP contribution in [0.5, 0.6) is 5.75 Å². The van der Waals surface area contributed by atoms with Crippen molar-refractivity contribution in [2.75, 3.05) is 33.3 Å². The van der Waals surface area contributed by atoms with Gasteiger partial charge in [-0.25, -0.2) is 0 Å². The standard InChI is InChI=1S/C20H21N3O3/c1-25-16-6-4-5-15(13-16)20(24)23-11-9-22(10-12-23)14-18-17-7-2-3-8-19(17)26-21-18/h2-8,13H,9-12,14H2,1H3. The molecule has 134 valence electrons. The Morgan fingerprint density at radius 1 is 1.12 bits per heavy atom. The number of hydrogen-bond donors (Lipinski definition) is 0. The minimum Gasteiger partial charge on any atom is -0.497 e. The summed E-state index contributed by atoms with van der Waals surface area (Å²) < 4.78 is 10.6. The second-order valence-electron chi connectivity index (χ2n) is 6.43. The van der Waals surface area contributed by atoms with Crippen LogP contribution in [0, 0.1) is 0 Å². The molecule has 1 aliphatic rings. The highest BCUT2D eigenvalue weighted by atomic mass is 16.5. The zero-order chi connectivity index (χ0) is 17.9. The Hall–Kier alpha value is -2.86. The van der Waals surface area contributed by atoms with Gasteiger partial charge in [-0.2, -0.15) is 0 Å². The minimum atomic E-state index is 0.0513. The number of carbonyl (C=O) groups excluding carboxylic acids is 1. The van der Waals surface area contributed by atoms with E-state index in [9.17, 15) is 4.79 Å². The summed E-state index contributed by atoms with van der Waals surface area (Å²) in [4.78, 5) is 16.9. The van der Waals surface area contributed by atoms with Gasteiger partial charge in [-0.1, -0.05) is 23.4 Å². The first-order chi connectivity index (χ1) is 12.7. The quantitative estimate of drug-likeness (QED) is 0.723.